The Kier molecular flexibility index (Phi) is 5.46. The SMILES string of the molecule is CCOc1ccc(S(=O)(=O)Nc2cccc(NC(=O)c3ccco3)c2)cc1. The van der Waals surface area contributed by atoms with E-state index in [9.17, 15) is 13.2 Å². The highest BCUT2D eigenvalue weighted by atomic mass is 32.2. The Hall–Kier alpha value is -3.26. The van der Waals surface area contributed by atoms with Crippen LogP contribution in [0, 0.1) is 0 Å². The smallest absolute Gasteiger partial charge is 0.291 e. The minimum Gasteiger partial charge on any atom is -0.494 e. The standard InChI is InChI=1S/C19H18N2O5S/c1-2-25-16-8-10-17(11-9-16)27(23,24)21-15-6-3-5-14(13-15)20-19(22)18-7-4-12-26-18/h3-13,21H,2H2,1H3,(H,20,22). The van der Waals surface area contributed by atoms with Gasteiger partial charge >= 0.3 is 0 Å². The summed E-state index contributed by atoms with van der Waals surface area (Å²) in [6, 6.07) is 15.7. The molecule has 0 atom stereocenters. The van der Waals surface area contributed by atoms with Crippen LogP contribution in [0.3, 0.4) is 0 Å². The van der Waals surface area contributed by atoms with E-state index in [1.165, 1.54) is 30.5 Å². The number of anilines is 2. The Balaban J connectivity index is 1.73. The van der Waals surface area contributed by atoms with Crippen LogP contribution < -0.4 is 14.8 Å². The van der Waals surface area contributed by atoms with Crippen molar-refractivity contribution < 1.29 is 22.4 Å². The fraction of sp³-hybridized carbons (Fsp3) is 0.105. The number of sulfonamides is 1. The molecule has 7 nitrogen and oxygen atoms in total. The van der Waals surface area contributed by atoms with Gasteiger partial charge in [-0.15, -0.1) is 0 Å². The molecule has 3 rings (SSSR count). The lowest BCUT2D eigenvalue weighted by Gasteiger charge is -2.11. The van der Waals surface area contributed by atoms with E-state index in [0.717, 1.165) is 0 Å². The van der Waals surface area contributed by atoms with Gasteiger partial charge in [0.25, 0.3) is 15.9 Å². The number of furan rings is 1. The quantitative estimate of drug-likeness (QED) is 0.645. The summed E-state index contributed by atoms with van der Waals surface area (Å²) in [6.45, 7) is 2.35. The molecule has 3 aromatic rings. The maximum absolute atomic E-state index is 12.5. The van der Waals surface area contributed by atoms with Crippen LogP contribution >= 0.6 is 0 Å². The number of rotatable bonds is 7. The van der Waals surface area contributed by atoms with Gasteiger partial charge in [0.1, 0.15) is 5.75 Å². The van der Waals surface area contributed by atoms with Crippen molar-refractivity contribution in [3.63, 3.8) is 0 Å². The van der Waals surface area contributed by atoms with Gasteiger partial charge in [0, 0.05) is 5.69 Å². The Bertz CT molecular complexity index is 1010. The third kappa shape index (κ3) is 4.68. The van der Waals surface area contributed by atoms with Gasteiger partial charge in [-0.3, -0.25) is 9.52 Å². The predicted octanol–water partition coefficient (Wildman–Crippen LogP) is 3.73. The molecule has 0 fully saturated rings. The molecule has 0 saturated carbocycles. The van der Waals surface area contributed by atoms with E-state index in [2.05, 4.69) is 10.0 Å². The normalized spacial score (nSPS) is 11.0. The molecule has 0 saturated heterocycles. The first-order valence-corrected chi connectivity index (χ1v) is 9.67. The van der Waals surface area contributed by atoms with Crippen molar-refractivity contribution in [3.8, 4) is 5.75 Å². The van der Waals surface area contributed by atoms with Gasteiger partial charge in [0.05, 0.1) is 23.5 Å². The average Bonchev–Trinajstić information content (AvgIpc) is 3.17. The lowest BCUT2D eigenvalue weighted by atomic mass is 10.3. The van der Waals surface area contributed by atoms with Crippen LogP contribution in [0.25, 0.3) is 0 Å². The molecule has 0 unspecified atom stereocenters. The third-order valence-corrected chi connectivity index (χ3v) is 4.96. The lowest BCUT2D eigenvalue weighted by molar-refractivity contribution is 0.0996. The first-order chi connectivity index (χ1) is 13.0. The van der Waals surface area contributed by atoms with Gasteiger partial charge in [-0.1, -0.05) is 6.07 Å². The number of nitrogens with one attached hydrogen (secondary N) is 2. The zero-order valence-electron chi connectivity index (χ0n) is 14.5. The molecule has 0 bridgehead atoms. The summed E-state index contributed by atoms with van der Waals surface area (Å²) in [6.07, 6.45) is 1.40. The molecule has 0 aliphatic heterocycles. The molecule has 8 heteroatoms. The largest absolute Gasteiger partial charge is 0.494 e. The second kappa shape index (κ2) is 7.96. The molecule has 0 aliphatic rings. The van der Waals surface area contributed by atoms with Crippen LogP contribution in [0.2, 0.25) is 0 Å². The van der Waals surface area contributed by atoms with Crippen molar-refractivity contribution >= 4 is 27.3 Å². The second-order valence-corrected chi connectivity index (χ2v) is 7.20. The van der Waals surface area contributed by atoms with Gasteiger partial charge in [-0.05, 0) is 61.5 Å². The number of carbonyl (C=O) groups is 1. The van der Waals surface area contributed by atoms with Crippen molar-refractivity contribution in [1.29, 1.82) is 0 Å². The van der Waals surface area contributed by atoms with E-state index in [4.69, 9.17) is 9.15 Å². The summed E-state index contributed by atoms with van der Waals surface area (Å²) < 4.78 is 37.9. The van der Waals surface area contributed by atoms with Crippen molar-refractivity contribution in [2.24, 2.45) is 0 Å². The monoisotopic (exact) mass is 386 g/mol. The first kappa shape index (κ1) is 18.5. The zero-order chi connectivity index (χ0) is 19.3. The average molecular weight is 386 g/mol. The summed E-state index contributed by atoms with van der Waals surface area (Å²) in [4.78, 5) is 12.1. The molecule has 0 aliphatic carbocycles. The van der Waals surface area contributed by atoms with Crippen molar-refractivity contribution in [2.45, 2.75) is 11.8 Å². The summed E-state index contributed by atoms with van der Waals surface area (Å²) >= 11 is 0. The highest BCUT2D eigenvalue weighted by Crippen LogP contribution is 2.22. The molecule has 2 N–H and O–H groups in total. The van der Waals surface area contributed by atoms with Crippen molar-refractivity contribution in [2.75, 3.05) is 16.6 Å². The number of amides is 1. The summed E-state index contributed by atoms with van der Waals surface area (Å²) in [5.41, 5.74) is 0.754. The summed E-state index contributed by atoms with van der Waals surface area (Å²) in [5, 5.41) is 2.65. The van der Waals surface area contributed by atoms with Crippen LogP contribution in [-0.4, -0.2) is 20.9 Å². The van der Waals surface area contributed by atoms with Gasteiger partial charge in [-0.2, -0.15) is 0 Å². The molecule has 1 amide bonds. The molecular formula is C19H18N2O5S. The van der Waals surface area contributed by atoms with E-state index in [-0.39, 0.29) is 10.7 Å². The first-order valence-electron chi connectivity index (χ1n) is 8.18. The van der Waals surface area contributed by atoms with Gasteiger partial charge < -0.3 is 14.5 Å². The number of benzene rings is 2. The van der Waals surface area contributed by atoms with Gasteiger partial charge in [0.2, 0.25) is 0 Å². The maximum Gasteiger partial charge on any atom is 0.291 e. The Labute approximate surface area is 157 Å². The van der Waals surface area contributed by atoms with E-state index in [0.29, 0.717) is 23.7 Å². The van der Waals surface area contributed by atoms with E-state index >= 15 is 0 Å². The molecule has 140 valence electrons. The molecule has 0 spiro atoms. The van der Waals surface area contributed by atoms with Crippen molar-refractivity contribution in [3.05, 3.63) is 72.7 Å². The summed E-state index contributed by atoms with van der Waals surface area (Å²) in [5.74, 6) is 0.334. The molecule has 27 heavy (non-hydrogen) atoms. The Morgan fingerprint density at radius 3 is 2.44 bits per heavy atom. The molecule has 0 radical (unpaired) electrons. The number of hydrogen-bond acceptors (Lipinski definition) is 5. The Morgan fingerprint density at radius 2 is 1.78 bits per heavy atom. The van der Waals surface area contributed by atoms with Crippen LogP contribution in [0.1, 0.15) is 17.5 Å². The highest BCUT2D eigenvalue weighted by molar-refractivity contribution is 7.92. The predicted molar refractivity (Wildman–Crippen MR) is 102 cm³/mol. The van der Waals surface area contributed by atoms with Crippen LogP contribution in [0.4, 0.5) is 11.4 Å². The Morgan fingerprint density at radius 1 is 1.04 bits per heavy atom. The van der Waals surface area contributed by atoms with Crippen LogP contribution in [0.5, 0.6) is 5.75 Å². The van der Waals surface area contributed by atoms with Crippen LogP contribution in [0.15, 0.2) is 76.2 Å². The second-order valence-electron chi connectivity index (χ2n) is 5.52. The van der Waals surface area contributed by atoms with E-state index in [1.54, 1.807) is 36.4 Å². The van der Waals surface area contributed by atoms with Crippen molar-refractivity contribution in [1.82, 2.24) is 0 Å². The molecule has 1 heterocycles. The molecule has 1 aromatic heterocycles. The van der Waals surface area contributed by atoms with Gasteiger partial charge in [0.15, 0.2) is 5.76 Å². The number of hydrogen-bond donors (Lipinski definition) is 2. The zero-order valence-corrected chi connectivity index (χ0v) is 15.3. The molecule has 2 aromatic carbocycles. The lowest BCUT2D eigenvalue weighted by Crippen LogP contribution is -2.14. The fourth-order valence-corrected chi connectivity index (χ4v) is 3.41. The summed E-state index contributed by atoms with van der Waals surface area (Å²) in [7, 11) is -3.77. The van der Waals surface area contributed by atoms with E-state index < -0.39 is 15.9 Å². The topological polar surface area (TPSA) is 97.6 Å². The maximum atomic E-state index is 12.5. The van der Waals surface area contributed by atoms with E-state index in [1.807, 2.05) is 6.92 Å². The molecular weight excluding hydrogens is 368 g/mol. The number of carbonyl (C=O) groups excluding carboxylic acids is 1. The van der Waals surface area contributed by atoms with Gasteiger partial charge in [-0.25, -0.2) is 8.42 Å². The number of ether oxygens (including phenoxy) is 1. The minimum atomic E-state index is -3.77. The minimum absolute atomic E-state index is 0.107. The van der Waals surface area contributed by atoms with Crippen LogP contribution in [-0.2, 0) is 10.0 Å². The fourth-order valence-electron chi connectivity index (χ4n) is 2.36. The highest BCUT2D eigenvalue weighted by Gasteiger charge is 2.15. The third-order valence-electron chi connectivity index (χ3n) is 3.56.